The van der Waals surface area contributed by atoms with E-state index in [0.717, 1.165) is 0 Å². The average molecular weight is 318 g/mol. The molecule has 1 aromatic carbocycles. The molecule has 2 amide bonds. The molecule has 0 bridgehead atoms. The molecule has 2 N–H and O–H groups in total. The van der Waals surface area contributed by atoms with E-state index >= 15 is 0 Å². The lowest BCUT2D eigenvalue weighted by Crippen LogP contribution is -2.33. The highest BCUT2D eigenvalue weighted by molar-refractivity contribution is 5.94. The summed E-state index contributed by atoms with van der Waals surface area (Å²) in [5.41, 5.74) is 0.510. The Labute approximate surface area is 133 Å². The molecule has 122 valence electrons. The minimum Gasteiger partial charge on any atom is -0.485 e. The Morgan fingerprint density at radius 3 is 2.48 bits per heavy atom. The van der Waals surface area contributed by atoms with Crippen LogP contribution >= 0.6 is 0 Å². The maximum atomic E-state index is 11.9. The third kappa shape index (κ3) is 5.42. The number of benzene rings is 1. The van der Waals surface area contributed by atoms with Crippen LogP contribution in [0.25, 0.3) is 0 Å². The Morgan fingerprint density at radius 1 is 1.17 bits per heavy atom. The summed E-state index contributed by atoms with van der Waals surface area (Å²) in [7, 11) is 0. The zero-order valence-corrected chi connectivity index (χ0v) is 13.0. The lowest BCUT2D eigenvalue weighted by molar-refractivity contribution is -0.118. The van der Waals surface area contributed by atoms with E-state index in [9.17, 15) is 9.59 Å². The first-order valence-corrected chi connectivity index (χ1v) is 7.09. The monoisotopic (exact) mass is 318 g/mol. The molecule has 0 unspecified atom stereocenters. The fraction of sp³-hybridized carbons (Fsp3) is 0.333. The fourth-order valence-corrected chi connectivity index (χ4v) is 1.77. The molecular formula is C15H18N4O4. The standard InChI is InChI=1S/C15H18N4O4/c1-10(20)16-7-8-17-15(21)12-3-5-13(6-4-12)22-9-14-18-11(2)23-19-14/h3-6H,7-9H2,1-2H3,(H,16,20)(H,17,21). The minimum absolute atomic E-state index is 0.127. The highest BCUT2D eigenvalue weighted by Gasteiger charge is 2.06. The van der Waals surface area contributed by atoms with Gasteiger partial charge < -0.3 is 19.9 Å². The van der Waals surface area contributed by atoms with Gasteiger partial charge in [-0.3, -0.25) is 9.59 Å². The Hall–Kier alpha value is -2.90. The van der Waals surface area contributed by atoms with Crippen LogP contribution in [0.15, 0.2) is 28.8 Å². The highest BCUT2D eigenvalue weighted by Crippen LogP contribution is 2.13. The van der Waals surface area contributed by atoms with Crippen LogP contribution in [0.5, 0.6) is 5.75 Å². The van der Waals surface area contributed by atoms with Gasteiger partial charge in [-0.2, -0.15) is 4.98 Å². The molecule has 8 heteroatoms. The molecule has 1 aromatic heterocycles. The van der Waals surface area contributed by atoms with Gasteiger partial charge in [0.1, 0.15) is 5.75 Å². The molecule has 0 atom stereocenters. The number of nitrogens with zero attached hydrogens (tertiary/aromatic N) is 2. The molecule has 0 saturated carbocycles. The van der Waals surface area contributed by atoms with Gasteiger partial charge in [0.05, 0.1) is 0 Å². The normalized spacial score (nSPS) is 10.2. The SMILES string of the molecule is CC(=O)NCCNC(=O)c1ccc(OCc2noc(C)n2)cc1. The number of amides is 2. The van der Waals surface area contributed by atoms with E-state index in [-0.39, 0.29) is 18.4 Å². The van der Waals surface area contributed by atoms with Crippen molar-refractivity contribution in [2.24, 2.45) is 0 Å². The van der Waals surface area contributed by atoms with Gasteiger partial charge in [0.2, 0.25) is 17.6 Å². The highest BCUT2D eigenvalue weighted by atomic mass is 16.5. The molecule has 0 spiro atoms. The van der Waals surface area contributed by atoms with Crippen molar-refractivity contribution in [1.82, 2.24) is 20.8 Å². The van der Waals surface area contributed by atoms with E-state index in [1.54, 1.807) is 31.2 Å². The lowest BCUT2D eigenvalue weighted by atomic mass is 10.2. The predicted molar refractivity (Wildman–Crippen MR) is 80.8 cm³/mol. The van der Waals surface area contributed by atoms with Crippen molar-refractivity contribution >= 4 is 11.8 Å². The molecule has 0 fully saturated rings. The smallest absolute Gasteiger partial charge is 0.251 e. The Balaban J connectivity index is 1.79. The molecule has 2 aromatic rings. The van der Waals surface area contributed by atoms with Gasteiger partial charge in [-0.1, -0.05) is 5.16 Å². The van der Waals surface area contributed by atoms with Crippen LogP contribution in [0.2, 0.25) is 0 Å². The first-order chi connectivity index (χ1) is 11.0. The Morgan fingerprint density at radius 2 is 1.87 bits per heavy atom. The number of hydrogen-bond acceptors (Lipinski definition) is 6. The molecule has 0 aliphatic heterocycles. The number of ether oxygens (including phenoxy) is 1. The molecule has 1 heterocycles. The summed E-state index contributed by atoms with van der Waals surface area (Å²) in [6, 6.07) is 6.69. The molecule has 0 radical (unpaired) electrons. The second-order valence-corrected chi connectivity index (χ2v) is 4.78. The number of hydrogen-bond donors (Lipinski definition) is 2. The van der Waals surface area contributed by atoms with Gasteiger partial charge in [0.15, 0.2) is 6.61 Å². The summed E-state index contributed by atoms with van der Waals surface area (Å²) in [6.07, 6.45) is 0. The second-order valence-electron chi connectivity index (χ2n) is 4.78. The quantitative estimate of drug-likeness (QED) is 0.732. The van der Waals surface area contributed by atoms with Crippen molar-refractivity contribution in [2.45, 2.75) is 20.5 Å². The number of aryl methyl sites for hydroxylation is 1. The van der Waals surface area contributed by atoms with Crippen LogP contribution in [0.3, 0.4) is 0 Å². The largest absolute Gasteiger partial charge is 0.485 e. The summed E-state index contributed by atoms with van der Waals surface area (Å²) in [5.74, 6) is 1.20. The van der Waals surface area contributed by atoms with E-state index in [2.05, 4.69) is 20.8 Å². The molecule has 0 aliphatic carbocycles. The second kappa shape index (κ2) is 7.92. The molecule has 0 aliphatic rings. The van der Waals surface area contributed by atoms with E-state index in [1.165, 1.54) is 6.92 Å². The van der Waals surface area contributed by atoms with Crippen molar-refractivity contribution in [3.05, 3.63) is 41.5 Å². The van der Waals surface area contributed by atoms with Crippen molar-refractivity contribution in [3.8, 4) is 5.75 Å². The number of rotatable bonds is 7. The van der Waals surface area contributed by atoms with Gasteiger partial charge in [-0.15, -0.1) is 0 Å². The summed E-state index contributed by atoms with van der Waals surface area (Å²) < 4.78 is 10.3. The van der Waals surface area contributed by atoms with Crippen LogP contribution in [0, 0.1) is 6.92 Å². The topological polar surface area (TPSA) is 106 Å². The molecule has 2 rings (SSSR count). The molecular weight excluding hydrogens is 300 g/mol. The lowest BCUT2D eigenvalue weighted by Gasteiger charge is -2.07. The number of carbonyl (C=O) groups excluding carboxylic acids is 2. The summed E-state index contributed by atoms with van der Waals surface area (Å²) >= 11 is 0. The van der Waals surface area contributed by atoms with Crippen LogP contribution in [-0.2, 0) is 11.4 Å². The van der Waals surface area contributed by atoms with E-state index in [1.807, 2.05) is 0 Å². The maximum Gasteiger partial charge on any atom is 0.251 e. The van der Waals surface area contributed by atoms with Crippen LogP contribution < -0.4 is 15.4 Å². The zero-order valence-electron chi connectivity index (χ0n) is 13.0. The van der Waals surface area contributed by atoms with Crippen molar-refractivity contribution < 1.29 is 18.8 Å². The molecule has 23 heavy (non-hydrogen) atoms. The maximum absolute atomic E-state index is 11.9. The summed E-state index contributed by atoms with van der Waals surface area (Å²) in [6.45, 7) is 4.09. The zero-order chi connectivity index (χ0) is 16.7. The third-order valence-electron chi connectivity index (χ3n) is 2.84. The van der Waals surface area contributed by atoms with Gasteiger partial charge in [0, 0.05) is 32.5 Å². The van der Waals surface area contributed by atoms with Crippen molar-refractivity contribution in [2.75, 3.05) is 13.1 Å². The van der Waals surface area contributed by atoms with E-state index in [0.29, 0.717) is 36.1 Å². The van der Waals surface area contributed by atoms with Crippen molar-refractivity contribution in [1.29, 1.82) is 0 Å². The first kappa shape index (κ1) is 16.5. The van der Waals surface area contributed by atoms with Gasteiger partial charge in [-0.05, 0) is 24.3 Å². The first-order valence-electron chi connectivity index (χ1n) is 7.09. The van der Waals surface area contributed by atoms with Crippen molar-refractivity contribution in [3.63, 3.8) is 0 Å². The average Bonchev–Trinajstić information content (AvgIpc) is 2.95. The molecule has 8 nitrogen and oxygen atoms in total. The Bertz CT molecular complexity index is 666. The third-order valence-corrected chi connectivity index (χ3v) is 2.84. The minimum atomic E-state index is -0.212. The van der Waals surface area contributed by atoms with Gasteiger partial charge in [0.25, 0.3) is 5.91 Å². The predicted octanol–water partition coefficient (Wildman–Crippen LogP) is 0.823. The summed E-state index contributed by atoms with van der Waals surface area (Å²) in [5, 5.41) is 9.04. The number of aromatic nitrogens is 2. The van der Waals surface area contributed by atoms with Gasteiger partial charge >= 0.3 is 0 Å². The van der Waals surface area contributed by atoms with E-state index in [4.69, 9.17) is 9.26 Å². The number of nitrogens with one attached hydrogen (secondary N) is 2. The van der Waals surface area contributed by atoms with Gasteiger partial charge in [-0.25, -0.2) is 0 Å². The van der Waals surface area contributed by atoms with E-state index < -0.39 is 0 Å². The Kier molecular flexibility index (Phi) is 5.67. The van der Waals surface area contributed by atoms with Crippen LogP contribution in [0.4, 0.5) is 0 Å². The van der Waals surface area contributed by atoms with Crippen LogP contribution in [0.1, 0.15) is 29.0 Å². The molecule has 0 saturated heterocycles. The fourth-order valence-electron chi connectivity index (χ4n) is 1.77. The summed E-state index contributed by atoms with van der Waals surface area (Å²) in [4.78, 5) is 26.6. The number of carbonyl (C=O) groups is 2. The van der Waals surface area contributed by atoms with Crippen LogP contribution in [-0.4, -0.2) is 35.0 Å².